The molecule has 7 heteroatoms. The molecule has 2 heterocycles. The van der Waals surface area contributed by atoms with Gasteiger partial charge in [-0.15, -0.1) is 0 Å². The Labute approximate surface area is 360 Å². The molecule has 0 radical (unpaired) electrons. The molecule has 0 saturated heterocycles. The summed E-state index contributed by atoms with van der Waals surface area (Å²) in [6.07, 6.45) is 11.2. The number of benzene rings is 6. The molecule has 2 aliphatic heterocycles. The van der Waals surface area contributed by atoms with Crippen molar-refractivity contribution in [2.45, 2.75) is 77.0 Å². The summed E-state index contributed by atoms with van der Waals surface area (Å²) in [7, 11) is -4.33. The maximum absolute atomic E-state index is 12.1. The van der Waals surface area contributed by atoms with Gasteiger partial charge in [0.2, 0.25) is 5.69 Å². The first-order valence-electron chi connectivity index (χ1n) is 21.5. The van der Waals surface area contributed by atoms with Crippen molar-refractivity contribution in [3.8, 4) is 0 Å². The van der Waals surface area contributed by atoms with Crippen molar-refractivity contribution in [2.75, 3.05) is 22.9 Å². The number of hydrogen-bond donors (Lipinski definition) is 1. The lowest BCUT2D eigenvalue weighted by Crippen LogP contribution is -2.27. The summed E-state index contributed by atoms with van der Waals surface area (Å²) < 4.78 is 36.4. The maximum Gasteiger partial charge on any atom is 0.294 e. The van der Waals surface area contributed by atoms with Crippen LogP contribution in [-0.4, -0.2) is 36.3 Å². The zero-order chi connectivity index (χ0) is 42.8. The minimum Gasteiger partial charge on any atom is -0.344 e. The first-order chi connectivity index (χ1) is 29.2. The Bertz CT molecular complexity index is 2990. The Hall–Kier alpha value is -6.02. The fourth-order valence-electron chi connectivity index (χ4n) is 10.4. The predicted molar refractivity (Wildman–Crippen MR) is 254 cm³/mol. The Morgan fingerprint density at radius 1 is 0.721 bits per heavy atom. The molecule has 0 fully saturated rings. The van der Waals surface area contributed by atoms with Crippen LogP contribution in [0.1, 0.15) is 71.1 Å². The van der Waals surface area contributed by atoms with Crippen LogP contribution in [0.5, 0.6) is 0 Å². The van der Waals surface area contributed by atoms with Crippen molar-refractivity contribution in [1.29, 1.82) is 0 Å². The zero-order valence-electron chi connectivity index (χ0n) is 36.2. The third-order valence-corrected chi connectivity index (χ3v) is 14.0. The Balaban J connectivity index is 1.20. The third-order valence-electron chi connectivity index (χ3n) is 13.2. The number of aryl methyl sites for hydroxylation is 1. The highest BCUT2D eigenvalue weighted by Gasteiger charge is 2.45. The van der Waals surface area contributed by atoms with E-state index in [4.69, 9.17) is 0 Å². The second kappa shape index (κ2) is 15.2. The average Bonchev–Trinajstić information content (AvgIpc) is 3.82. The van der Waals surface area contributed by atoms with Gasteiger partial charge in [0.1, 0.15) is 6.54 Å². The van der Waals surface area contributed by atoms with Gasteiger partial charge in [0.15, 0.2) is 5.71 Å². The van der Waals surface area contributed by atoms with E-state index in [0.29, 0.717) is 0 Å². The number of nitrogens with zero attached hydrogens (tertiary/aromatic N) is 3. The molecule has 9 rings (SSSR count). The standard InChI is InChI=1S/C54H53N3O3S/c1-8-55-46-30-23-39-34-36(3)20-28-44(39)50(46)53(4,5)48(55)32-25-37-21-22-38(52(37)57(41-16-12-10-13-17-41)42-18-14-11-15-19-42)26-33-49-54(6,7)51-45-29-27-43(61(58,59)60)35-40(45)24-31-47(51)56(49)9-2/h10-20,23-35H,8-9,21-22H2,1-7H3/p+1. The molecule has 1 aliphatic carbocycles. The van der Waals surface area contributed by atoms with Gasteiger partial charge in [0, 0.05) is 52.4 Å². The molecule has 6 aromatic rings. The van der Waals surface area contributed by atoms with Crippen molar-refractivity contribution in [1.82, 2.24) is 0 Å². The number of hydrogen-bond acceptors (Lipinski definition) is 4. The average molecular weight is 825 g/mol. The summed E-state index contributed by atoms with van der Waals surface area (Å²) in [6.45, 7) is 17.5. The van der Waals surface area contributed by atoms with E-state index in [0.717, 1.165) is 59.3 Å². The van der Waals surface area contributed by atoms with Crippen molar-refractivity contribution in [3.05, 3.63) is 185 Å². The second-order valence-electron chi connectivity index (χ2n) is 17.6. The SMILES string of the molecule is CCN1/C(=C/C=C2\CCC(/C=C/C3=[N+](CC)c4ccc5cc(C)ccc5c4C3(C)C)=C2N(c2ccccc2)c2ccccc2)C(C)(C)c2c1ccc1cc(S(=O)(=O)O)ccc21. The maximum atomic E-state index is 12.1. The molecule has 1 N–H and O–H groups in total. The molecule has 0 unspecified atom stereocenters. The molecular formula is C54H54N3O3S+. The van der Waals surface area contributed by atoms with Crippen molar-refractivity contribution >= 4 is 60.1 Å². The van der Waals surface area contributed by atoms with Crippen LogP contribution in [0.4, 0.5) is 22.7 Å². The molecule has 6 aromatic carbocycles. The fraction of sp³-hybridized carbons (Fsp3) is 0.241. The van der Waals surface area contributed by atoms with Gasteiger partial charge in [-0.25, -0.2) is 0 Å². The summed E-state index contributed by atoms with van der Waals surface area (Å²) in [5.41, 5.74) is 14.1. The molecule has 0 amide bonds. The third kappa shape index (κ3) is 6.75. The van der Waals surface area contributed by atoms with Gasteiger partial charge in [-0.1, -0.05) is 98.3 Å². The van der Waals surface area contributed by atoms with Crippen LogP contribution in [0.15, 0.2) is 173 Å². The van der Waals surface area contributed by atoms with Crippen molar-refractivity contribution < 1.29 is 17.5 Å². The molecule has 0 atom stereocenters. The molecule has 0 spiro atoms. The van der Waals surface area contributed by atoms with E-state index in [1.165, 1.54) is 61.9 Å². The second-order valence-corrected chi connectivity index (χ2v) is 19.0. The molecule has 61 heavy (non-hydrogen) atoms. The van der Waals surface area contributed by atoms with Gasteiger partial charge in [-0.3, -0.25) is 4.55 Å². The van der Waals surface area contributed by atoms with Gasteiger partial charge in [-0.05, 0) is 140 Å². The Morgan fingerprint density at radius 2 is 1.36 bits per heavy atom. The van der Waals surface area contributed by atoms with Gasteiger partial charge in [-0.2, -0.15) is 13.0 Å². The molecule has 0 bridgehead atoms. The highest BCUT2D eigenvalue weighted by Crippen LogP contribution is 2.52. The molecule has 6 nitrogen and oxygen atoms in total. The predicted octanol–water partition coefficient (Wildman–Crippen LogP) is 13.0. The molecule has 3 aliphatic rings. The minimum atomic E-state index is -4.33. The van der Waals surface area contributed by atoms with Crippen molar-refractivity contribution in [2.24, 2.45) is 0 Å². The van der Waals surface area contributed by atoms with Crippen molar-refractivity contribution in [3.63, 3.8) is 0 Å². The monoisotopic (exact) mass is 824 g/mol. The van der Waals surface area contributed by atoms with E-state index in [1.807, 2.05) is 12.1 Å². The summed E-state index contributed by atoms with van der Waals surface area (Å²) in [5, 5.41) is 4.38. The normalized spacial score (nSPS) is 18.4. The fourth-order valence-corrected chi connectivity index (χ4v) is 10.9. The van der Waals surface area contributed by atoms with Crippen LogP contribution in [0, 0.1) is 6.92 Å². The number of para-hydroxylation sites is 2. The number of anilines is 3. The molecule has 308 valence electrons. The van der Waals surface area contributed by atoms with E-state index in [1.54, 1.807) is 6.07 Å². The van der Waals surface area contributed by atoms with E-state index in [-0.39, 0.29) is 10.3 Å². The lowest BCUT2D eigenvalue weighted by Gasteiger charge is -2.29. The van der Waals surface area contributed by atoms with Gasteiger partial charge in [0.05, 0.1) is 16.0 Å². The first-order valence-corrected chi connectivity index (χ1v) is 22.9. The van der Waals surface area contributed by atoms with Crippen LogP contribution in [0.2, 0.25) is 0 Å². The van der Waals surface area contributed by atoms with Crippen LogP contribution >= 0.6 is 0 Å². The van der Waals surface area contributed by atoms with Crippen LogP contribution in [0.25, 0.3) is 21.5 Å². The number of allylic oxidation sites excluding steroid dienone is 7. The largest absolute Gasteiger partial charge is 0.344 e. The first kappa shape index (κ1) is 40.4. The van der Waals surface area contributed by atoms with Gasteiger partial charge < -0.3 is 9.80 Å². The highest BCUT2D eigenvalue weighted by atomic mass is 32.2. The summed E-state index contributed by atoms with van der Waals surface area (Å²) in [5.74, 6) is 0. The summed E-state index contributed by atoms with van der Waals surface area (Å²) in [4.78, 5) is 4.71. The number of fused-ring (bicyclic) bond motifs is 6. The zero-order valence-corrected chi connectivity index (χ0v) is 37.0. The number of rotatable bonds is 9. The Kier molecular flexibility index (Phi) is 10.0. The van der Waals surface area contributed by atoms with Crippen LogP contribution < -0.4 is 9.80 Å². The summed E-state index contributed by atoms with van der Waals surface area (Å²) in [6, 6.07) is 41.8. The highest BCUT2D eigenvalue weighted by molar-refractivity contribution is 7.85. The van der Waals surface area contributed by atoms with Crippen LogP contribution in [0.3, 0.4) is 0 Å². The smallest absolute Gasteiger partial charge is 0.294 e. The van der Waals surface area contributed by atoms with E-state index < -0.39 is 15.5 Å². The van der Waals surface area contributed by atoms with Gasteiger partial charge >= 0.3 is 0 Å². The quantitative estimate of drug-likeness (QED) is 0.116. The van der Waals surface area contributed by atoms with Gasteiger partial charge in [0.25, 0.3) is 10.1 Å². The molecule has 0 saturated carbocycles. The van der Waals surface area contributed by atoms with Crippen LogP contribution in [-0.2, 0) is 20.9 Å². The molecular weight excluding hydrogens is 771 g/mol. The van der Waals surface area contributed by atoms with E-state index in [2.05, 4.69) is 184 Å². The topological polar surface area (TPSA) is 63.9 Å². The molecule has 0 aromatic heterocycles. The lowest BCUT2D eigenvalue weighted by molar-refractivity contribution is -0.433. The van der Waals surface area contributed by atoms with E-state index >= 15 is 0 Å². The minimum absolute atomic E-state index is 0.0965. The Morgan fingerprint density at radius 3 is 2.02 bits per heavy atom. The number of likely N-dealkylation sites (N-methyl/N-ethyl adjacent to an activating group) is 1. The lowest BCUT2D eigenvalue weighted by atomic mass is 9.78. The summed E-state index contributed by atoms with van der Waals surface area (Å²) >= 11 is 0. The van der Waals surface area contributed by atoms with E-state index in [9.17, 15) is 13.0 Å².